The number of nitrogens with zero attached hydrogens (tertiary/aromatic N) is 3. The zero-order chi connectivity index (χ0) is 13.1. The molecule has 0 amide bonds. The smallest absolute Gasteiger partial charge is 0.131 e. The molecule has 1 aliphatic rings. The van der Waals surface area contributed by atoms with Gasteiger partial charge in [0.25, 0.3) is 0 Å². The molecular formula is C14H26N4. The lowest BCUT2D eigenvalue weighted by Crippen LogP contribution is -2.28. The van der Waals surface area contributed by atoms with Gasteiger partial charge in [0.2, 0.25) is 0 Å². The fourth-order valence-corrected chi connectivity index (χ4v) is 2.94. The zero-order valence-corrected chi connectivity index (χ0v) is 12.2. The molecule has 0 radical (unpaired) electrons. The second kappa shape index (κ2) is 5.74. The van der Waals surface area contributed by atoms with Crippen LogP contribution in [-0.2, 0) is 13.6 Å². The first-order chi connectivity index (χ1) is 8.63. The van der Waals surface area contributed by atoms with E-state index in [-0.39, 0.29) is 0 Å². The normalized spacial score (nSPS) is 21.1. The number of hydrogen-bond donors (Lipinski definition) is 1. The molecule has 1 aromatic heterocycles. The first kappa shape index (κ1) is 13.4. The summed E-state index contributed by atoms with van der Waals surface area (Å²) in [5.74, 6) is 2.17. The van der Waals surface area contributed by atoms with Crippen LogP contribution in [0.2, 0.25) is 0 Å². The largest absolute Gasteiger partial charge is 0.357 e. The Morgan fingerprint density at radius 1 is 1.33 bits per heavy atom. The second-order valence-corrected chi connectivity index (χ2v) is 5.56. The average Bonchev–Trinajstić information content (AvgIpc) is 2.51. The van der Waals surface area contributed by atoms with Crippen LogP contribution in [0.15, 0.2) is 0 Å². The molecule has 0 spiro atoms. The molecular weight excluding hydrogens is 224 g/mol. The SMILES string of the molecule is CNCc1c(C)nn(C)c1N1CCCC(C)CC1. The fourth-order valence-electron chi connectivity index (χ4n) is 2.94. The van der Waals surface area contributed by atoms with Gasteiger partial charge in [0.1, 0.15) is 5.82 Å². The quantitative estimate of drug-likeness (QED) is 0.891. The number of rotatable bonds is 3. The third kappa shape index (κ3) is 2.69. The summed E-state index contributed by atoms with van der Waals surface area (Å²) in [7, 11) is 4.07. The highest BCUT2D eigenvalue weighted by atomic mass is 15.4. The van der Waals surface area contributed by atoms with Gasteiger partial charge >= 0.3 is 0 Å². The zero-order valence-electron chi connectivity index (χ0n) is 12.2. The predicted octanol–water partition coefficient (Wildman–Crippen LogP) is 2.07. The van der Waals surface area contributed by atoms with Crippen LogP contribution < -0.4 is 10.2 Å². The van der Waals surface area contributed by atoms with E-state index in [1.807, 2.05) is 7.05 Å². The summed E-state index contributed by atoms with van der Waals surface area (Å²) in [5, 5.41) is 7.85. The standard InChI is InChI=1S/C14H26N4/c1-11-6-5-8-18(9-7-11)14-13(10-15-3)12(2)16-17(14)4/h11,15H,5-10H2,1-4H3. The van der Waals surface area contributed by atoms with E-state index in [9.17, 15) is 0 Å². The number of anilines is 1. The van der Waals surface area contributed by atoms with Gasteiger partial charge in [0, 0.05) is 32.2 Å². The highest BCUT2D eigenvalue weighted by Gasteiger charge is 2.21. The van der Waals surface area contributed by atoms with Gasteiger partial charge in [-0.3, -0.25) is 4.68 Å². The summed E-state index contributed by atoms with van der Waals surface area (Å²) in [6, 6.07) is 0. The minimum Gasteiger partial charge on any atom is -0.357 e. The van der Waals surface area contributed by atoms with E-state index >= 15 is 0 Å². The molecule has 18 heavy (non-hydrogen) atoms. The van der Waals surface area contributed by atoms with Crippen LogP contribution in [0.4, 0.5) is 5.82 Å². The molecule has 4 nitrogen and oxygen atoms in total. The number of aryl methyl sites for hydroxylation is 2. The first-order valence-electron chi connectivity index (χ1n) is 7.05. The lowest BCUT2D eigenvalue weighted by atomic mass is 10.0. The minimum absolute atomic E-state index is 0.858. The van der Waals surface area contributed by atoms with E-state index < -0.39 is 0 Å². The predicted molar refractivity (Wildman–Crippen MR) is 75.9 cm³/mol. The molecule has 2 heterocycles. The lowest BCUT2D eigenvalue weighted by molar-refractivity contribution is 0.520. The van der Waals surface area contributed by atoms with E-state index in [1.165, 1.54) is 37.2 Å². The Morgan fingerprint density at radius 3 is 2.83 bits per heavy atom. The summed E-state index contributed by atoms with van der Waals surface area (Å²) < 4.78 is 2.05. The van der Waals surface area contributed by atoms with Crippen LogP contribution in [0.3, 0.4) is 0 Å². The molecule has 1 fully saturated rings. The van der Waals surface area contributed by atoms with Crippen molar-refractivity contribution in [2.24, 2.45) is 13.0 Å². The highest BCUT2D eigenvalue weighted by Crippen LogP contribution is 2.27. The maximum absolute atomic E-state index is 4.59. The van der Waals surface area contributed by atoms with Gasteiger partial charge in [-0.1, -0.05) is 6.92 Å². The van der Waals surface area contributed by atoms with Gasteiger partial charge < -0.3 is 10.2 Å². The molecule has 2 rings (SSSR count). The van der Waals surface area contributed by atoms with Gasteiger partial charge in [-0.05, 0) is 39.2 Å². The molecule has 1 saturated heterocycles. The van der Waals surface area contributed by atoms with Gasteiger partial charge in [-0.15, -0.1) is 0 Å². The molecule has 102 valence electrons. The van der Waals surface area contributed by atoms with Crippen LogP contribution in [0, 0.1) is 12.8 Å². The fraction of sp³-hybridized carbons (Fsp3) is 0.786. The minimum atomic E-state index is 0.858. The topological polar surface area (TPSA) is 33.1 Å². The number of aromatic nitrogens is 2. The number of nitrogens with one attached hydrogen (secondary N) is 1. The van der Waals surface area contributed by atoms with Crippen LogP contribution in [0.1, 0.15) is 37.4 Å². The molecule has 1 aliphatic heterocycles. The Balaban J connectivity index is 2.25. The van der Waals surface area contributed by atoms with Gasteiger partial charge in [0.15, 0.2) is 0 Å². The van der Waals surface area contributed by atoms with Crippen molar-refractivity contribution < 1.29 is 0 Å². The Morgan fingerprint density at radius 2 is 2.11 bits per heavy atom. The van der Waals surface area contributed by atoms with Crippen LogP contribution >= 0.6 is 0 Å². The molecule has 4 heteroatoms. The van der Waals surface area contributed by atoms with Gasteiger partial charge in [0.05, 0.1) is 5.69 Å². The summed E-state index contributed by atoms with van der Waals surface area (Å²) in [5.41, 5.74) is 2.51. The molecule has 1 unspecified atom stereocenters. The van der Waals surface area contributed by atoms with Crippen molar-refractivity contribution in [2.45, 2.75) is 39.7 Å². The van der Waals surface area contributed by atoms with E-state index in [1.54, 1.807) is 0 Å². The monoisotopic (exact) mass is 250 g/mol. The molecule has 0 bridgehead atoms. The van der Waals surface area contributed by atoms with Crippen molar-refractivity contribution in [1.82, 2.24) is 15.1 Å². The van der Waals surface area contributed by atoms with Crippen molar-refractivity contribution in [3.8, 4) is 0 Å². The maximum atomic E-state index is 4.59. The van der Waals surface area contributed by atoms with Crippen molar-refractivity contribution >= 4 is 5.82 Å². The molecule has 0 saturated carbocycles. The van der Waals surface area contributed by atoms with Crippen LogP contribution in [0.5, 0.6) is 0 Å². The molecule has 0 aromatic carbocycles. The van der Waals surface area contributed by atoms with Crippen LogP contribution in [0.25, 0.3) is 0 Å². The third-order valence-electron chi connectivity index (χ3n) is 3.98. The number of hydrogen-bond acceptors (Lipinski definition) is 3. The van der Waals surface area contributed by atoms with E-state index in [4.69, 9.17) is 0 Å². The van der Waals surface area contributed by atoms with E-state index in [0.29, 0.717) is 0 Å². The lowest BCUT2D eigenvalue weighted by Gasteiger charge is -2.24. The first-order valence-corrected chi connectivity index (χ1v) is 7.05. The maximum Gasteiger partial charge on any atom is 0.131 e. The van der Waals surface area contributed by atoms with Crippen molar-refractivity contribution in [3.63, 3.8) is 0 Å². The van der Waals surface area contributed by atoms with E-state index in [2.05, 4.69) is 40.9 Å². The average molecular weight is 250 g/mol. The summed E-state index contributed by atoms with van der Waals surface area (Å²) in [6.45, 7) is 7.71. The molecule has 1 atom stereocenters. The molecule has 1 N–H and O–H groups in total. The Labute approximate surface area is 110 Å². The third-order valence-corrected chi connectivity index (χ3v) is 3.98. The summed E-state index contributed by atoms with van der Waals surface area (Å²) in [6.07, 6.45) is 3.95. The van der Waals surface area contributed by atoms with Gasteiger partial charge in [-0.2, -0.15) is 5.10 Å². The highest BCUT2D eigenvalue weighted by molar-refractivity contribution is 5.50. The Kier molecular flexibility index (Phi) is 4.27. The van der Waals surface area contributed by atoms with Gasteiger partial charge in [-0.25, -0.2) is 0 Å². The van der Waals surface area contributed by atoms with Crippen molar-refractivity contribution in [2.75, 3.05) is 25.0 Å². The van der Waals surface area contributed by atoms with Crippen LogP contribution in [-0.4, -0.2) is 29.9 Å². The van der Waals surface area contributed by atoms with E-state index in [0.717, 1.165) is 24.7 Å². The summed E-state index contributed by atoms with van der Waals surface area (Å²) in [4.78, 5) is 2.52. The van der Waals surface area contributed by atoms with Crippen molar-refractivity contribution in [3.05, 3.63) is 11.3 Å². The second-order valence-electron chi connectivity index (χ2n) is 5.56. The Hall–Kier alpha value is -1.03. The molecule has 0 aliphatic carbocycles. The Bertz CT molecular complexity index is 397. The molecule has 1 aromatic rings. The summed E-state index contributed by atoms with van der Waals surface area (Å²) >= 11 is 0. The van der Waals surface area contributed by atoms with Crippen molar-refractivity contribution in [1.29, 1.82) is 0 Å².